The van der Waals surface area contributed by atoms with E-state index in [1.165, 1.54) is 0 Å². The van der Waals surface area contributed by atoms with Gasteiger partial charge in [-0.3, -0.25) is 9.59 Å². The zero-order valence-electron chi connectivity index (χ0n) is 17.9. The zero-order chi connectivity index (χ0) is 22.5. The van der Waals surface area contributed by atoms with E-state index in [1.807, 2.05) is 49.4 Å². The molecule has 0 aromatic heterocycles. The molecule has 0 aliphatic rings. The van der Waals surface area contributed by atoms with Crippen molar-refractivity contribution in [1.29, 1.82) is 0 Å². The van der Waals surface area contributed by atoms with Crippen LogP contribution in [0.3, 0.4) is 0 Å². The molecule has 158 valence electrons. The van der Waals surface area contributed by atoms with Crippen molar-refractivity contribution in [2.75, 3.05) is 0 Å². The summed E-state index contributed by atoms with van der Waals surface area (Å²) in [4.78, 5) is 26.8. The molecule has 4 aromatic rings. The van der Waals surface area contributed by atoms with Crippen molar-refractivity contribution in [3.05, 3.63) is 136 Å². The molecule has 0 saturated heterocycles. The van der Waals surface area contributed by atoms with Gasteiger partial charge in [0.15, 0.2) is 11.6 Å². The molecule has 0 fully saturated rings. The summed E-state index contributed by atoms with van der Waals surface area (Å²) in [5.41, 5.74) is 4.03. The van der Waals surface area contributed by atoms with Gasteiger partial charge in [0.2, 0.25) is 0 Å². The highest BCUT2D eigenvalue weighted by Gasteiger charge is 2.26. The van der Waals surface area contributed by atoms with Gasteiger partial charge in [0.05, 0.1) is 11.1 Å². The van der Waals surface area contributed by atoms with Gasteiger partial charge in [0, 0.05) is 11.1 Å². The number of ketones is 2. The molecule has 1 N–H and O–H groups in total. The molecule has 0 spiro atoms. The first kappa shape index (κ1) is 21.3. The van der Waals surface area contributed by atoms with Gasteiger partial charge in [-0.2, -0.15) is 0 Å². The first-order chi connectivity index (χ1) is 15.6. The molecule has 4 aromatic carbocycles. The molecular formula is C29H24O3. The Morgan fingerprint density at radius 1 is 0.719 bits per heavy atom. The lowest BCUT2D eigenvalue weighted by atomic mass is 9.85. The average molecular weight is 421 g/mol. The topological polar surface area (TPSA) is 54.4 Å². The van der Waals surface area contributed by atoms with Crippen molar-refractivity contribution < 1.29 is 14.7 Å². The Bertz CT molecular complexity index is 1240. The van der Waals surface area contributed by atoms with Crippen molar-refractivity contribution in [2.45, 2.75) is 19.8 Å². The molecule has 4 rings (SSSR count). The van der Waals surface area contributed by atoms with Gasteiger partial charge in [-0.15, -0.1) is 0 Å². The van der Waals surface area contributed by atoms with Gasteiger partial charge >= 0.3 is 0 Å². The number of carbonyl (C=O) groups is 2. The summed E-state index contributed by atoms with van der Waals surface area (Å²) in [5.74, 6) is -0.833. The fourth-order valence-corrected chi connectivity index (χ4v) is 4.04. The third kappa shape index (κ3) is 4.23. The van der Waals surface area contributed by atoms with Crippen LogP contribution in [0.5, 0.6) is 5.75 Å². The lowest BCUT2D eigenvalue weighted by Crippen LogP contribution is -2.13. The van der Waals surface area contributed by atoms with Gasteiger partial charge in [0.1, 0.15) is 5.75 Å². The van der Waals surface area contributed by atoms with Crippen LogP contribution >= 0.6 is 0 Å². The highest BCUT2D eigenvalue weighted by molar-refractivity contribution is 6.17. The Balaban J connectivity index is 1.93. The number of hydrogen-bond donors (Lipinski definition) is 1. The Morgan fingerprint density at radius 2 is 1.22 bits per heavy atom. The van der Waals surface area contributed by atoms with E-state index in [4.69, 9.17) is 0 Å². The molecule has 0 aliphatic heterocycles. The second-order valence-corrected chi connectivity index (χ2v) is 7.69. The second-order valence-electron chi connectivity index (χ2n) is 7.69. The van der Waals surface area contributed by atoms with E-state index < -0.39 is 0 Å². The first-order valence-corrected chi connectivity index (χ1v) is 10.7. The lowest BCUT2D eigenvalue weighted by Gasteiger charge is -2.18. The minimum absolute atomic E-state index is 0.151. The fourth-order valence-electron chi connectivity index (χ4n) is 4.04. The van der Waals surface area contributed by atoms with E-state index in [2.05, 4.69) is 0 Å². The quantitative estimate of drug-likeness (QED) is 0.373. The third-order valence-electron chi connectivity index (χ3n) is 5.63. The maximum absolute atomic E-state index is 13.5. The maximum Gasteiger partial charge on any atom is 0.197 e. The van der Waals surface area contributed by atoms with Crippen LogP contribution in [0.4, 0.5) is 0 Å². The van der Waals surface area contributed by atoms with Crippen molar-refractivity contribution >= 4 is 11.6 Å². The molecule has 0 aliphatic carbocycles. The molecule has 0 saturated carbocycles. The van der Waals surface area contributed by atoms with Crippen LogP contribution in [-0.4, -0.2) is 16.7 Å². The van der Waals surface area contributed by atoms with Gasteiger partial charge in [-0.1, -0.05) is 97.9 Å². The van der Waals surface area contributed by atoms with Crippen molar-refractivity contribution in [3.63, 3.8) is 0 Å². The second kappa shape index (κ2) is 9.44. The van der Waals surface area contributed by atoms with Gasteiger partial charge in [0.25, 0.3) is 0 Å². The Labute approximate surface area is 188 Å². The van der Waals surface area contributed by atoms with E-state index in [1.54, 1.807) is 54.6 Å². The van der Waals surface area contributed by atoms with E-state index in [-0.39, 0.29) is 28.4 Å². The van der Waals surface area contributed by atoms with E-state index in [0.717, 1.165) is 16.7 Å². The highest BCUT2D eigenvalue weighted by atomic mass is 16.3. The number of rotatable bonds is 7. The number of hydrogen-bond acceptors (Lipinski definition) is 3. The molecule has 0 radical (unpaired) electrons. The minimum atomic E-state index is -0.304. The van der Waals surface area contributed by atoms with Crippen LogP contribution in [0.25, 0.3) is 0 Å². The van der Waals surface area contributed by atoms with E-state index >= 15 is 0 Å². The lowest BCUT2D eigenvalue weighted by molar-refractivity contribution is 0.103. The summed E-state index contributed by atoms with van der Waals surface area (Å²) in [5, 5.41) is 11.2. The highest BCUT2D eigenvalue weighted by Crippen LogP contribution is 2.34. The maximum atomic E-state index is 13.5. The molecular weight excluding hydrogens is 396 g/mol. The Hall–Kier alpha value is -3.98. The number of aromatic hydroxyl groups is 1. The normalized spacial score (nSPS) is 10.7. The van der Waals surface area contributed by atoms with Crippen molar-refractivity contribution in [3.8, 4) is 5.75 Å². The third-order valence-corrected chi connectivity index (χ3v) is 5.63. The van der Waals surface area contributed by atoms with Crippen LogP contribution in [0.15, 0.2) is 97.1 Å². The number of phenolic OH excluding ortho intramolecular Hbond substituents is 1. The van der Waals surface area contributed by atoms with Gasteiger partial charge in [-0.25, -0.2) is 0 Å². The first-order valence-electron chi connectivity index (χ1n) is 10.7. The van der Waals surface area contributed by atoms with Crippen LogP contribution < -0.4 is 0 Å². The number of benzene rings is 4. The molecule has 0 amide bonds. The van der Waals surface area contributed by atoms with Crippen LogP contribution in [-0.2, 0) is 12.8 Å². The van der Waals surface area contributed by atoms with Crippen LogP contribution in [0, 0.1) is 0 Å². The molecule has 0 unspecified atom stereocenters. The number of carbonyl (C=O) groups excluding carboxylic acids is 2. The zero-order valence-corrected chi connectivity index (χ0v) is 17.9. The molecule has 3 heteroatoms. The summed E-state index contributed by atoms with van der Waals surface area (Å²) in [6.45, 7) is 1.96. The predicted molar refractivity (Wildman–Crippen MR) is 126 cm³/mol. The van der Waals surface area contributed by atoms with E-state index in [9.17, 15) is 14.7 Å². The van der Waals surface area contributed by atoms with Crippen LogP contribution in [0.1, 0.15) is 55.5 Å². The Kier molecular flexibility index (Phi) is 6.27. The predicted octanol–water partition coefficient (Wildman–Crippen LogP) is 6.01. The fraction of sp³-hybridized carbons (Fsp3) is 0.103. The molecule has 32 heavy (non-hydrogen) atoms. The van der Waals surface area contributed by atoms with Crippen molar-refractivity contribution in [1.82, 2.24) is 0 Å². The van der Waals surface area contributed by atoms with Gasteiger partial charge < -0.3 is 5.11 Å². The summed E-state index contributed by atoms with van der Waals surface area (Å²) in [6, 6.07) is 29.4. The van der Waals surface area contributed by atoms with Crippen LogP contribution in [0.2, 0.25) is 0 Å². The smallest absolute Gasteiger partial charge is 0.197 e. The summed E-state index contributed by atoms with van der Waals surface area (Å²) in [6.07, 6.45) is 1.12. The largest absolute Gasteiger partial charge is 0.506 e. The monoisotopic (exact) mass is 420 g/mol. The standard InChI is InChI=1S/C29H24O3/c1-2-24-23(18-20-12-6-3-7-13-20)19-25(27(30)21-14-8-4-9-15-21)29(32)26(24)28(31)22-16-10-5-11-17-22/h3-17,19,32H,2,18H2,1H3. The molecule has 0 heterocycles. The SMILES string of the molecule is CCc1c(Cc2ccccc2)cc(C(=O)c2ccccc2)c(O)c1C(=O)c1ccccc1. The summed E-state index contributed by atoms with van der Waals surface area (Å²) >= 11 is 0. The molecule has 0 atom stereocenters. The average Bonchev–Trinajstić information content (AvgIpc) is 2.85. The number of phenols is 1. The molecule has 0 bridgehead atoms. The van der Waals surface area contributed by atoms with E-state index in [0.29, 0.717) is 24.0 Å². The van der Waals surface area contributed by atoms with Crippen molar-refractivity contribution in [2.24, 2.45) is 0 Å². The Morgan fingerprint density at radius 3 is 1.75 bits per heavy atom. The summed E-state index contributed by atoms with van der Waals surface area (Å²) < 4.78 is 0. The summed E-state index contributed by atoms with van der Waals surface area (Å²) in [7, 11) is 0. The molecule has 3 nitrogen and oxygen atoms in total. The van der Waals surface area contributed by atoms with Gasteiger partial charge in [-0.05, 0) is 35.6 Å². The minimum Gasteiger partial charge on any atom is -0.506 e.